The van der Waals surface area contributed by atoms with Gasteiger partial charge in [0.1, 0.15) is 11.1 Å². The Hall–Kier alpha value is -6.07. The van der Waals surface area contributed by atoms with Gasteiger partial charge in [-0.05, 0) is 89.3 Å². The minimum atomic E-state index is -1.00. The summed E-state index contributed by atoms with van der Waals surface area (Å²) in [6, 6.07) is 11.8. The van der Waals surface area contributed by atoms with Gasteiger partial charge < -0.3 is 29.7 Å². The lowest BCUT2D eigenvalue weighted by molar-refractivity contribution is -0.136. The molecule has 3 atom stereocenters. The van der Waals surface area contributed by atoms with Crippen molar-refractivity contribution < 1.29 is 28.7 Å². The highest BCUT2D eigenvalue weighted by atomic mass is 35.5. The number of hydrogen-bond acceptors (Lipinski definition) is 13. The molecule has 62 heavy (non-hydrogen) atoms. The Morgan fingerprint density at radius 2 is 1.71 bits per heavy atom. The zero-order valence-electron chi connectivity index (χ0n) is 35.4. The number of carbonyl (C=O) groups excluding carboxylic acids is 5. The standard InChI is InChI=1S/C44H51ClN10O7/c1-24(2)54-32-10-9-29(17-28(32)18-35(42(54)60)62-23-37(57)46-5)48-39-31(45)19-47-44(50-39)52-20-25(3)53(26(4)21-52)22-27-13-15-51(16-14-27)33-8-6-7-30-38(33)43(61)55(41(30)59)34-11-12-36(56)49-40(34)58/h6-10,17-19,24-27,34H,11-16,20-23H2,1-5H3,(H,46,57)(H,47,48,50)(H,49,56,58)/t25-,26+,34-/m1/s1. The van der Waals surface area contributed by atoms with E-state index >= 15 is 0 Å². The predicted octanol–water partition coefficient (Wildman–Crippen LogP) is 4.11. The number of halogens is 1. The minimum Gasteiger partial charge on any atom is -0.478 e. The Kier molecular flexibility index (Phi) is 11.9. The number of benzene rings is 2. The van der Waals surface area contributed by atoms with Crippen LogP contribution in [0.1, 0.15) is 80.1 Å². The number of fused-ring (bicyclic) bond motifs is 2. The molecule has 0 unspecified atom stereocenters. The molecule has 4 aromatic rings. The number of pyridine rings is 1. The van der Waals surface area contributed by atoms with Crippen molar-refractivity contribution in [3.8, 4) is 5.75 Å². The molecule has 326 valence electrons. The number of anilines is 4. The van der Waals surface area contributed by atoms with E-state index in [1.54, 1.807) is 29.0 Å². The van der Waals surface area contributed by atoms with Gasteiger partial charge in [0.25, 0.3) is 23.3 Å². The van der Waals surface area contributed by atoms with Crippen LogP contribution in [0.5, 0.6) is 5.75 Å². The maximum Gasteiger partial charge on any atom is 0.293 e. The van der Waals surface area contributed by atoms with Gasteiger partial charge in [0.15, 0.2) is 18.2 Å². The predicted molar refractivity (Wildman–Crippen MR) is 234 cm³/mol. The van der Waals surface area contributed by atoms with Crippen LogP contribution < -0.4 is 36.0 Å². The Morgan fingerprint density at radius 1 is 0.968 bits per heavy atom. The van der Waals surface area contributed by atoms with Gasteiger partial charge in [-0.15, -0.1) is 0 Å². The zero-order valence-corrected chi connectivity index (χ0v) is 36.2. The third-order valence-electron chi connectivity index (χ3n) is 12.4. The van der Waals surface area contributed by atoms with E-state index in [1.807, 2.05) is 38.1 Å². The van der Waals surface area contributed by atoms with Crippen LogP contribution in [0.2, 0.25) is 5.02 Å². The highest BCUT2D eigenvalue weighted by Crippen LogP contribution is 2.37. The summed E-state index contributed by atoms with van der Waals surface area (Å²) in [6.07, 6.45) is 3.61. The Balaban J connectivity index is 0.905. The molecule has 2 aromatic carbocycles. The van der Waals surface area contributed by atoms with Crippen LogP contribution in [0, 0.1) is 5.92 Å². The van der Waals surface area contributed by atoms with Gasteiger partial charge in [-0.1, -0.05) is 17.7 Å². The zero-order chi connectivity index (χ0) is 44.0. The molecule has 4 aliphatic rings. The molecule has 5 amide bonds. The Bertz CT molecular complexity index is 2510. The van der Waals surface area contributed by atoms with E-state index in [0.29, 0.717) is 58.3 Å². The van der Waals surface area contributed by atoms with E-state index in [4.69, 9.17) is 21.3 Å². The van der Waals surface area contributed by atoms with Crippen LogP contribution in [-0.2, 0) is 14.4 Å². The van der Waals surface area contributed by atoms with Crippen molar-refractivity contribution in [2.75, 3.05) is 61.5 Å². The second kappa shape index (κ2) is 17.4. The van der Waals surface area contributed by atoms with Crippen molar-refractivity contribution in [1.82, 2.24) is 35.0 Å². The minimum absolute atomic E-state index is 0.0747. The van der Waals surface area contributed by atoms with E-state index in [0.717, 1.165) is 48.3 Å². The number of nitrogens with zero attached hydrogens (tertiary/aromatic N) is 7. The number of piperazine rings is 1. The number of hydrogen-bond donors (Lipinski definition) is 3. The number of aromatic nitrogens is 3. The second-order valence-corrected chi connectivity index (χ2v) is 17.3. The number of carbonyl (C=O) groups is 5. The first-order valence-corrected chi connectivity index (χ1v) is 21.5. The SMILES string of the molecule is CNC(=O)COc1cc2cc(Nc3nc(N4C[C@@H](C)N(CC5CCN(c6cccc7c6C(=O)N([C@@H]6CCC(=O)NC6=O)C7=O)CC5)[C@@H](C)C4)ncc3Cl)ccc2n(C(C)C)c1=O. The van der Waals surface area contributed by atoms with Gasteiger partial charge in [-0.2, -0.15) is 4.98 Å². The van der Waals surface area contributed by atoms with Crippen LogP contribution in [0.25, 0.3) is 10.9 Å². The molecule has 8 rings (SSSR count). The van der Waals surface area contributed by atoms with Crippen LogP contribution in [0.15, 0.2) is 53.5 Å². The maximum atomic E-state index is 13.7. The summed E-state index contributed by atoms with van der Waals surface area (Å²) in [5, 5.41) is 9.20. The molecule has 2 aromatic heterocycles. The quantitative estimate of drug-likeness (QED) is 0.183. The highest BCUT2D eigenvalue weighted by Gasteiger charge is 2.46. The number of amides is 5. The first kappa shape index (κ1) is 42.6. The summed E-state index contributed by atoms with van der Waals surface area (Å²) in [6.45, 7) is 11.8. The van der Waals surface area contributed by atoms with Gasteiger partial charge >= 0.3 is 0 Å². The molecule has 0 bridgehead atoms. The van der Waals surface area contributed by atoms with E-state index in [2.05, 4.69) is 49.5 Å². The van der Waals surface area contributed by atoms with Crippen molar-refractivity contribution in [3.63, 3.8) is 0 Å². The smallest absolute Gasteiger partial charge is 0.293 e. The molecule has 18 heteroatoms. The lowest BCUT2D eigenvalue weighted by Gasteiger charge is -2.46. The first-order chi connectivity index (χ1) is 29.7. The van der Waals surface area contributed by atoms with Crippen LogP contribution in [-0.4, -0.2) is 118 Å². The first-order valence-electron chi connectivity index (χ1n) is 21.1. The largest absolute Gasteiger partial charge is 0.478 e. The normalized spacial score (nSPS) is 21.1. The van der Waals surface area contributed by atoms with E-state index in [-0.39, 0.29) is 54.8 Å². The van der Waals surface area contributed by atoms with Gasteiger partial charge in [-0.3, -0.25) is 43.9 Å². The topological polar surface area (TPSA) is 191 Å². The monoisotopic (exact) mass is 866 g/mol. The summed E-state index contributed by atoms with van der Waals surface area (Å²) in [5.41, 5.74) is 2.42. The molecule has 4 aliphatic heterocycles. The number of imide groups is 2. The Labute approximate surface area is 363 Å². The van der Waals surface area contributed by atoms with Crippen LogP contribution >= 0.6 is 11.6 Å². The van der Waals surface area contributed by atoms with E-state index in [1.165, 1.54) is 7.05 Å². The van der Waals surface area contributed by atoms with Crippen molar-refractivity contribution in [3.05, 3.63) is 75.2 Å². The molecule has 3 N–H and O–H groups in total. The molecule has 6 heterocycles. The number of ether oxygens (including phenoxy) is 1. The summed E-state index contributed by atoms with van der Waals surface area (Å²) >= 11 is 6.65. The lowest BCUT2D eigenvalue weighted by atomic mass is 9.93. The average molecular weight is 867 g/mol. The summed E-state index contributed by atoms with van der Waals surface area (Å²) in [4.78, 5) is 94.1. The molecule has 3 fully saturated rings. The van der Waals surface area contributed by atoms with Crippen molar-refractivity contribution in [2.45, 2.75) is 77.5 Å². The van der Waals surface area contributed by atoms with Crippen molar-refractivity contribution in [1.29, 1.82) is 0 Å². The molecular formula is C44H51ClN10O7. The molecule has 0 aliphatic carbocycles. The maximum absolute atomic E-state index is 13.7. The highest BCUT2D eigenvalue weighted by molar-refractivity contribution is 6.33. The third-order valence-corrected chi connectivity index (χ3v) is 12.7. The molecule has 3 saturated heterocycles. The fourth-order valence-corrected chi connectivity index (χ4v) is 9.40. The van der Waals surface area contributed by atoms with E-state index < -0.39 is 29.7 Å². The fourth-order valence-electron chi connectivity index (χ4n) is 9.26. The Morgan fingerprint density at radius 3 is 2.40 bits per heavy atom. The number of nitrogens with one attached hydrogen (secondary N) is 3. The molecule has 0 radical (unpaired) electrons. The third kappa shape index (κ3) is 8.18. The van der Waals surface area contributed by atoms with Crippen LogP contribution in [0.4, 0.5) is 23.1 Å². The van der Waals surface area contributed by atoms with Gasteiger partial charge in [0.2, 0.25) is 17.8 Å². The number of piperidine rings is 2. The molecule has 0 spiro atoms. The fraction of sp³-hybridized carbons (Fsp3) is 0.455. The summed E-state index contributed by atoms with van der Waals surface area (Å²) in [5.74, 6) is -0.844. The second-order valence-electron chi connectivity index (χ2n) is 16.9. The molecule has 0 saturated carbocycles. The number of rotatable bonds is 11. The van der Waals surface area contributed by atoms with Crippen molar-refractivity contribution >= 4 is 75.2 Å². The average Bonchev–Trinajstić information content (AvgIpc) is 3.50. The molecule has 17 nitrogen and oxygen atoms in total. The number of likely N-dealkylation sites (N-methyl/N-ethyl adjacent to an activating group) is 1. The van der Waals surface area contributed by atoms with E-state index in [9.17, 15) is 28.8 Å². The summed E-state index contributed by atoms with van der Waals surface area (Å²) in [7, 11) is 1.51. The van der Waals surface area contributed by atoms with Gasteiger partial charge in [-0.25, -0.2) is 4.98 Å². The van der Waals surface area contributed by atoms with Gasteiger partial charge in [0, 0.05) is 75.4 Å². The summed E-state index contributed by atoms with van der Waals surface area (Å²) < 4.78 is 7.27. The molecular weight excluding hydrogens is 816 g/mol. The lowest BCUT2D eigenvalue weighted by Crippen LogP contribution is -2.58. The van der Waals surface area contributed by atoms with Crippen molar-refractivity contribution in [2.24, 2.45) is 5.92 Å². The van der Waals surface area contributed by atoms with Crippen LogP contribution in [0.3, 0.4) is 0 Å². The van der Waals surface area contributed by atoms with Gasteiger partial charge in [0.05, 0.1) is 28.5 Å².